The number of carbonyl (C=O) groups is 1. The number of carbonyl (C=O) groups excluding carboxylic acids is 1. The molecule has 0 aliphatic carbocycles. The van der Waals surface area contributed by atoms with Gasteiger partial charge in [0, 0.05) is 0 Å². The van der Waals surface area contributed by atoms with Crippen molar-refractivity contribution >= 4 is 5.91 Å². The molecule has 1 heterocycles. The highest BCUT2D eigenvalue weighted by Gasteiger charge is 2.13. The Morgan fingerprint density at radius 3 is 2.79 bits per heavy atom. The SMILES string of the molecule is CCONC(=O)Cc1nnn(-c2ccccc2)c1C. The summed E-state index contributed by atoms with van der Waals surface area (Å²) in [6, 6.07) is 9.67. The third kappa shape index (κ3) is 3.17. The number of para-hydroxylation sites is 1. The second-order valence-corrected chi connectivity index (χ2v) is 4.00. The van der Waals surface area contributed by atoms with Crippen molar-refractivity contribution < 1.29 is 9.63 Å². The van der Waals surface area contributed by atoms with Gasteiger partial charge in [-0.2, -0.15) is 0 Å². The van der Waals surface area contributed by atoms with Gasteiger partial charge in [-0.3, -0.25) is 9.63 Å². The molecule has 0 saturated heterocycles. The number of benzene rings is 1. The quantitative estimate of drug-likeness (QED) is 0.820. The van der Waals surface area contributed by atoms with E-state index in [9.17, 15) is 4.79 Å². The van der Waals surface area contributed by atoms with Crippen LogP contribution in [0.1, 0.15) is 18.3 Å². The summed E-state index contributed by atoms with van der Waals surface area (Å²) in [6.07, 6.45) is 0.151. The van der Waals surface area contributed by atoms with Crippen molar-refractivity contribution in [2.45, 2.75) is 20.3 Å². The lowest BCUT2D eigenvalue weighted by Gasteiger charge is -2.04. The minimum Gasteiger partial charge on any atom is -0.274 e. The zero-order chi connectivity index (χ0) is 13.7. The lowest BCUT2D eigenvalue weighted by atomic mass is 10.2. The molecular weight excluding hydrogens is 244 g/mol. The maximum absolute atomic E-state index is 11.6. The first-order valence-corrected chi connectivity index (χ1v) is 6.09. The predicted octanol–water partition coefficient (Wildman–Crippen LogP) is 1.19. The number of hydrogen-bond donors (Lipinski definition) is 1. The van der Waals surface area contributed by atoms with Gasteiger partial charge >= 0.3 is 0 Å². The van der Waals surface area contributed by atoms with E-state index >= 15 is 0 Å². The van der Waals surface area contributed by atoms with Crippen LogP contribution in [0.2, 0.25) is 0 Å². The first-order chi connectivity index (χ1) is 9.22. The van der Waals surface area contributed by atoms with Crippen molar-refractivity contribution in [3.8, 4) is 5.69 Å². The minimum atomic E-state index is -0.231. The molecule has 0 unspecified atom stereocenters. The second-order valence-electron chi connectivity index (χ2n) is 4.00. The average Bonchev–Trinajstić information content (AvgIpc) is 2.79. The fourth-order valence-corrected chi connectivity index (χ4v) is 1.68. The number of nitrogens with one attached hydrogen (secondary N) is 1. The Bertz CT molecular complexity index is 551. The lowest BCUT2D eigenvalue weighted by Crippen LogP contribution is -2.25. The van der Waals surface area contributed by atoms with E-state index in [0.717, 1.165) is 11.4 Å². The molecular formula is C13H16N4O2. The number of aromatic nitrogens is 3. The van der Waals surface area contributed by atoms with Crippen LogP contribution < -0.4 is 5.48 Å². The fraction of sp³-hybridized carbons (Fsp3) is 0.308. The topological polar surface area (TPSA) is 69.0 Å². The van der Waals surface area contributed by atoms with Crippen LogP contribution in [-0.4, -0.2) is 27.5 Å². The molecule has 1 N–H and O–H groups in total. The Balaban J connectivity index is 2.13. The molecule has 0 atom stereocenters. The van der Waals surface area contributed by atoms with Gasteiger partial charge in [0.05, 0.1) is 30.1 Å². The Kier molecular flexibility index (Phi) is 4.25. The molecule has 1 aromatic carbocycles. The zero-order valence-corrected chi connectivity index (χ0v) is 11.0. The molecule has 0 spiro atoms. The van der Waals surface area contributed by atoms with E-state index in [4.69, 9.17) is 4.84 Å². The smallest absolute Gasteiger partial charge is 0.249 e. The van der Waals surface area contributed by atoms with Crippen LogP contribution in [-0.2, 0) is 16.1 Å². The van der Waals surface area contributed by atoms with Crippen LogP contribution in [0.3, 0.4) is 0 Å². The van der Waals surface area contributed by atoms with Gasteiger partial charge in [-0.15, -0.1) is 5.10 Å². The van der Waals surface area contributed by atoms with Crippen molar-refractivity contribution in [3.05, 3.63) is 41.7 Å². The highest BCUT2D eigenvalue weighted by Crippen LogP contribution is 2.11. The number of hydroxylamine groups is 1. The third-order valence-corrected chi connectivity index (χ3v) is 2.65. The van der Waals surface area contributed by atoms with Crippen LogP contribution in [0, 0.1) is 6.92 Å². The van der Waals surface area contributed by atoms with Gasteiger partial charge in [0.25, 0.3) is 0 Å². The van der Waals surface area contributed by atoms with Crippen LogP contribution >= 0.6 is 0 Å². The molecule has 2 rings (SSSR count). The molecule has 1 amide bonds. The van der Waals surface area contributed by atoms with Gasteiger partial charge in [-0.05, 0) is 26.0 Å². The van der Waals surface area contributed by atoms with Crippen molar-refractivity contribution in [2.24, 2.45) is 0 Å². The maximum Gasteiger partial charge on any atom is 0.249 e. The summed E-state index contributed by atoms with van der Waals surface area (Å²) in [7, 11) is 0. The second kappa shape index (κ2) is 6.10. The minimum absolute atomic E-state index is 0.151. The molecule has 0 bridgehead atoms. The standard InChI is InChI=1S/C13H16N4O2/c1-3-19-15-13(18)9-12-10(2)17(16-14-12)11-7-5-4-6-8-11/h4-8H,3,9H2,1-2H3,(H,15,18). The summed E-state index contributed by atoms with van der Waals surface area (Å²) >= 11 is 0. The van der Waals surface area contributed by atoms with Crippen LogP contribution in [0.15, 0.2) is 30.3 Å². The van der Waals surface area contributed by atoms with E-state index in [1.54, 1.807) is 11.6 Å². The molecule has 0 radical (unpaired) electrons. The van der Waals surface area contributed by atoms with Crippen molar-refractivity contribution in [1.29, 1.82) is 0 Å². The van der Waals surface area contributed by atoms with Gasteiger partial charge in [0.2, 0.25) is 5.91 Å². The number of hydrogen-bond acceptors (Lipinski definition) is 4. The Labute approximate surface area is 111 Å². The van der Waals surface area contributed by atoms with Gasteiger partial charge in [-0.25, -0.2) is 10.2 Å². The maximum atomic E-state index is 11.6. The van der Waals surface area contributed by atoms with Crippen LogP contribution in [0.25, 0.3) is 5.69 Å². The summed E-state index contributed by atoms with van der Waals surface area (Å²) in [6.45, 7) is 4.12. The summed E-state index contributed by atoms with van der Waals surface area (Å²) < 4.78 is 1.71. The summed E-state index contributed by atoms with van der Waals surface area (Å²) in [5.74, 6) is -0.231. The van der Waals surface area contributed by atoms with Crippen molar-refractivity contribution in [3.63, 3.8) is 0 Å². The molecule has 0 fully saturated rings. The predicted molar refractivity (Wildman–Crippen MR) is 69.6 cm³/mol. The van der Waals surface area contributed by atoms with Crippen LogP contribution in [0.4, 0.5) is 0 Å². The van der Waals surface area contributed by atoms with Crippen LogP contribution in [0.5, 0.6) is 0 Å². The van der Waals surface area contributed by atoms with E-state index in [1.165, 1.54) is 0 Å². The molecule has 0 saturated carbocycles. The highest BCUT2D eigenvalue weighted by molar-refractivity contribution is 5.77. The van der Waals surface area contributed by atoms with E-state index in [1.807, 2.05) is 37.3 Å². The first kappa shape index (κ1) is 13.2. The number of nitrogens with zero attached hydrogens (tertiary/aromatic N) is 3. The molecule has 1 aromatic heterocycles. The molecule has 0 aliphatic rings. The fourth-order valence-electron chi connectivity index (χ4n) is 1.68. The monoisotopic (exact) mass is 260 g/mol. The van der Waals surface area contributed by atoms with E-state index in [-0.39, 0.29) is 12.3 Å². The normalized spacial score (nSPS) is 10.4. The van der Waals surface area contributed by atoms with Crippen molar-refractivity contribution in [1.82, 2.24) is 20.5 Å². The molecule has 19 heavy (non-hydrogen) atoms. The Morgan fingerprint density at radius 2 is 2.11 bits per heavy atom. The highest BCUT2D eigenvalue weighted by atomic mass is 16.6. The van der Waals surface area contributed by atoms with E-state index < -0.39 is 0 Å². The summed E-state index contributed by atoms with van der Waals surface area (Å²) in [5.41, 5.74) is 4.75. The molecule has 100 valence electrons. The lowest BCUT2D eigenvalue weighted by molar-refractivity contribution is -0.132. The van der Waals surface area contributed by atoms with Crippen molar-refractivity contribution in [2.75, 3.05) is 6.61 Å². The zero-order valence-electron chi connectivity index (χ0n) is 11.0. The van der Waals surface area contributed by atoms with Gasteiger partial charge in [-0.1, -0.05) is 23.4 Å². The molecule has 0 aliphatic heterocycles. The van der Waals surface area contributed by atoms with Gasteiger partial charge < -0.3 is 0 Å². The molecule has 2 aromatic rings. The number of amides is 1. The first-order valence-electron chi connectivity index (χ1n) is 6.09. The summed E-state index contributed by atoms with van der Waals surface area (Å²) in [5, 5.41) is 8.10. The summed E-state index contributed by atoms with van der Waals surface area (Å²) in [4.78, 5) is 16.4. The van der Waals surface area contributed by atoms with Gasteiger partial charge in [0.15, 0.2) is 0 Å². The molecule has 6 heteroatoms. The average molecular weight is 260 g/mol. The number of rotatable bonds is 5. The Hall–Kier alpha value is -2.21. The third-order valence-electron chi connectivity index (χ3n) is 2.65. The largest absolute Gasteiger partial charge is 0.274 e. The van der Waals surface area contributed by atoms with Gasteiger partial charge in [0.1, 0.15) is 0 Å². The Morgan fingerprint density at radius 1 is 1.37 bits per heavy atom. The molecule has 6 nitrogen and oxygen atoms in total. The van der Waals surface area contributed by atoms with E-state index in [2.05, 4.69) is 15.8 Å². The van der Waals surface area contributed by atoms with E-state index in [0.29, 0.717) is 12.3 Å².